The molecule has 35 heavy (non-hydrogen) atoms. The van der Waals surface area contributed by atoms with Crippen LogP contribution in [0.1, 0.15) is 11.1 Å². The monoisotopic (exact) mass is 493 g/mol. The molecule has 0 radical (unpaired) electrons. The Morgan fingerprint density at radius 2 is 1.54 bits per heavy atom. The molecule has 3 aromatic rings. The summed E-state index contributed by atoms with van der Waals surface area (Å²) < 4.78 is 34.2. The number of carbonyl (C=O) groups is 1. The quantitative estimate of drug-likeness (QED) is 0.521. The number of rotatable bonds is 8. The zero-order chi connectivity index (χ0) is 24.8. The summed E-state index contributed by atoms with van der Waals surface area (Å²) in [7, 11) is -2.22. The van der Waals surface area contributed by atoms with Gasteiger partial charge in [-0.25, -0.2) is 8.42 Å². The largest absolute Gasteiger partial charge is 0.497 e. The lowest BCUT2D eigenvalue weighted by molar-refractivity contribution is -0.133. The van der Waals surface area contributed by atoms with Crippen molar-refractivity contribution < 1.29 is 17.9 Å². The molecule has 3 aromatic carbocycles. The number of aryl methyl sites for hydroxylation is 1. The first-order valence-corrected chi connectivity index (χ1v) is 13.1. The highest BCUT2D eigenvalue weighted by molar-refractivity contribution is 7.89. The Hall–Kier alpha value is -3.36. The maximum atomic E-state index is 13.6. The summed E-state index contributed by atoms with van der Waals surface area (Å²) in [4.78, 5) is 17.7. The summed E-state index contributed by atoms with van der Waals surface area (Å²) >= 11 is 0. The Kier molecular flexibility index (Phi) is 7.73. The van der Waals surface area contributed by atoms with Crippen molar-refractivity contribution in [1.29, 1.82) is 0 Å². The van der Waals surface area contributed by atoms with Crippen LogP contribution in [0, 0.1) is 6.92 Å². The van der Waals surface area contributed by atoms with E-state index in [9.17, 15) is 13.2 Å². The molecule has 184 valence electrons. The molecule has 1 saturated heterocycles. The number of methoxy groups -OCH3 is 1. The van der Waals surface area contributed by atoms with Crippen LogP contribution in [0.25, 0.3) is 0 Å². The summed E-state index contributed by atoms with van der Waals surface area (Å²) in [5.41, 5.74) is 2.93. The van der Waals surface area contributed by atoms with Crippen LogP contribution in [-0.2, 0) is 21.2 Å². The molecule has 0 aliphatic carbocycles. The van der Waals surface area contributed by atoms with Gasteiger partial charge >= 0.3 is 0 Å². The molecule has 1 heterocycles. The van der Waals surface area contributed by atoms with Gasteiger partial charge in [0, 0.05) is 31.9 Å². The van der Waals surface area contributed by atoms with Crippen LogP contribution in [0.15, 0.2) is 83.8 Å². The van der Waals surface area contributed by atoms with Gasteiger partial charge in [0.1, 0.15) is 11.8 Å². The molecule has 0 spiro atoms. The topological polar surface area (TPSA) is 79.0 Å². The lowest BCUT2D eigenvalue weighted by Crippen LogP contribution is -2.55. The van der Waals surface area contributed by atoms with E-state index < -0.39 is 16.1 Å². The molecule has 1 N–H and O–H groups in total. The van der Waals surface area contributed by atoms with Crippen molar-refractivity contribution >= 4 is 21.6 Å². The van der Waals surface area contributed by atoms with Gasteiger partial charge in [-0.2, -0.15) is 4.72 Å². The third-order valence-corrected chi connectivity index (χ3v) is 7.73. The summed E-state index contributed by atoms with van der Waals surface area (Å²) in [6.45, 7) is 4.27. The number of ether oxygens (including phenoxy) is 1. The van der Waals surface area contributed by atoms with Crippen molar-refractivity contribution in [1.82, 2.24) is 9.62 Å². The molecule has 0 saturated carbocycles. The highest BCUT2D eigenvalue weighted by Gasteiger charge is 2.31. The van der Waals surface area contributed by atoms with Crippen LogP contribution in [-0.4, -0.2) is 58.6 Å². The molecule has 4 rings (SSSR count). The molecule has 0 aromatic heterocycles. The summed E-state index contributed by atoms with van der Waals surface area (Å²) in [5.74, 6) is 0.589. The van der Waals surface area contributed by atoms with E-state index in [0.717, 1.165) is 22.6 Å². The molecular weight excluding hydrogens is 462 g/mol. The Morgan fingerprint density at radius 1 is 0.914 bits per heavy atom. The Bertz CT molecular complexity index is 1220. The molecule has 1 atom stereocenters. The second-order valence-electron chi connectivity index (χ2n) is 8.69. The van der Waals surface area contributed by atoms with Crippen molar-refractivity contribution in [2.24, 2.45) is 0 Å². The number of hydrogen-bond acceptors (Lipinski definition) is 5. The van der Waals surface area contributed by atoms with Gasteiger partial charge in [0.15, 0.2) is 0 Å². The van der Waals surface area contributed by atoms with Crippen LogP contribution in [0.4, 0.5) is 5.69 Å². The highest BCUT2D eigenvalue weighted by atomic mass is 32.2. The van der Waals surface area contributed by atoms with Gasteiger partial charge in [-0.05, 0) is 55.3 Å². The van der Waals surface area contributed by atoms with Crippen molar-refractivity contribution in [2.45, 2.75) is 24.3 Å². The first-order valence-electron chi connectivity index (χ1n) is 11.7. The van der Waals surface area contributed by atoms with E-state index in [1.54, 1.807) is 36.3 Å². The zero-order valence-electron chi connectivity index (χ0n) is 20.1. The fraction of sp³-hybridized carbons (Fsp3) is 0.296. The fourth-order valence-electron chi connectivity index (χ4n) is 4.20. The van der Waals surface area contributed by atoms with Gasteiger partial charge in [0.2, 0.25) is 15.9 Å². The van der Waals surface area contributed by atoms with Gasteiger partial charge in [0.25, 0.3) is 0 Å². The first-order chi connectivity index (χ1) is 16.9. The standard InChI is InChI=1S/C27H31N3O4S/c1-21-8-14-25(15-9-21)35(32,33)28-26(20-22-6-4-3-5-7-22)27(31)30-18-16-29(17-19-30)23-10-12-24(34-2)13-11-23/h3-15,26,28H,16-20H2,1-2H3/t26-/m0/s1. The minimum atomic E-state index is -3.86. The first kappa shape index (κ1) is 24.8. The van der Waals surface area contributed by atoms with E-state index in [1.165, 1.54) is 0 Å². The van der Waals surface area contributed by atoms with Crippen LogP contribution < -0.4 is 14.4 Å². The van der Waals surface area contributed by atoms with Crippen LogP contribution >= 0.6 is 0 Å². The minimum absolute atomic E-state index is 0.151. The van der Waals surface area contributed by atoms with Gasteiger partial charge in [0.05, 0.1) is 12.0 Å². The van der Waals surface area contributed by atoms with E-state index in [0.29, 0.717) is 26.2 Å². The maximum absolute atomic E-state index is 13.6. The molecule has 1 aliphatic rings. The van der Waals surface area contributed by atoms with Crippen molar-refractivity contribution in [3.8, 4) is 5.75 Å². The van der Waals surface area contributed by atoms with Crippen molar-refractivity contribution in [3.05, 3.63) is 90.0 Å². The Balaban J connectivity index is 1.48. The smallest absolute Gasteiger partial charge is 0.241 e. The number of sulfonamides is 1. The summed E-state index contributed by atoms with van der Waals surface area (Å²) in [5, 5.41) is 0. The van der Waals surface area contributed by atoms with Gasteiger partial charge < -0.3 is 14.5 Å². The SMILES string of the molecule is COc1ccc(N2CCN(C(=O)[C@H](Cc3ccccc3)NS(=O)(=O)c3ccc(C)cc3)CC2)cc1. The molecule has 1 amide bonds. The van der Waals surface area contributed by atoms with Crippen molar-refractivity contribution in [3.63, 3.8) is 0 Å². The molecular formula is C27H31N3O4S. The van der Waals surface area contributed by atoms with E-state index in [2.05, 4.69) is 9.62 Å². The van der Waals surface area contributed by atoms with Crippen LogP contribution in [0.5, 0.6) is 5.75 Å². The van der Waals surface area contributed by atoms with Gasteiger partial charge in [-0.3, -0.25) is 4.79 Å². The van der Waals surface area contributed by atoms with Crippen molar-refractivity contribution in [2.75, 3.05) is 38.2 Å². The second kappa shape index (κ2) is 10.9. The average Bonchev–Trinajstić information content (AvgIpc) is 2.89. The van der Waals surface area contributed by atoms with E-state index in [1.807, 2.05) is 61.5 Å². The third-order valence-electron chi connectivity index (χ3n) is 6.24. The number of hydrogen-bond donors (Lipinski definition) is 1. The Labute approximate surface area is 207 Å². The van der Waals surface area contributed by atoms with Crippen LogP contribution in [0.3, 0.4) is 0 Å². The lowest BCUT2D eigenvalue weighted by Gasteiger charge is -2.37. The average molecular weight is 494 g/mol. The summed E-state index contributed by atoms with van der Waals surface area (Å²) in [6, 6.07) is 23.1. The number of nitrogens with one attached hydrogen (secondary N) is 1. The molecule has 7 nitrogen and oxygen atoms in total. The van der Waals surface area contributed by atoms with E-state index >= 15 is 0 Å². The third kappa shape index (κ3) is 6.21. The lowest BCUT2D eigenvalue weighted by atomic mass is 10.1. The summed E-state index contributed by atoms with van der Waals surface area (Å²) in [6.07, 6.45) is 0.281. The highest BCUT2D eigenvalue weighted by Crippen LogP contribution is 2.21. The maximum Gasteiger partial charge on any atom is 0.241 e. The Morgan fingerprint density at radius 3 is 2.14 bits per heavy atom. The fourth-order valence-corrected chi connectivity index (χ4v) is 5.39. The molecule has 1 fully saturated rings. The number of amides is 1. The molecule has 1 aliphatic heterocycles. The number of carbonyl (C=O) groups excluding carboxylic acids is 1. The number of piperazine rings is 1. The van der Waals surface area contributed by atoms with E-state index in [4.69, 9.17) is 4.74 Å². The molecule has 0 bridgehead atoms. The predicted molar refractivity (Wildman–Crippen MR) is 137 cm³/mol. The van der Waals surface area contributed by atoms with Gasteiger partial charge in [-0.15, -0.1) is 0 Å². The van der Waals surface area contributed by atoms with E-state index in [-0.39, 0.29) is 17.2 Å². The molecule has 0 unspecified atom stereocenters. The van der Waals surface area contributed by atoms with Crippen LogP contribution in [0.2, 0.25) is 0 Å². The molecule has 8 heteroatoms. The number of nitrogens with zero attached hydrogens (tertiary/aromatic N) is 2. The zero-order valence-corrected chi connectivity index (χ0v) is 20.9. The predicted octanol–water partition coefficient (Wildman–Crippen LogP) is 3.24. The number of anilines is 1. The number of benzene rings is 3. The normalized spacial score (nSPS) is 15.0. The second-order valence-corrected chi connectivity index (χ2v) is 10.4. The minimum Gasteiger partial charge on any atom is -0.497 e. The van der Waals surface area contributed by atoms with Gasteiger partial charge in [-0.1, -0.05) is 48.0 Å².